The minimum atomic E-state index is -3.64. The molecule has 1 aromatic carbocycles. The van der Waals surface area contributed by atoms with E-state index in [0.717, 1.165) is 19.3 Å². The topological polar surface area (TPSA) is 95.6 Å². The molecule has 2 N–H and O–H groups in total. The molecule has 0 unspecified atom stereocenters. The third-order valence-electron chi connectivity index (χ3n) is 7.47. The first kappa shape index (κ1) is 23.0. The number of rotatable bonds is 9. The number of nitrogens with zero attached hydrogens (tertiary/aromatic N) is 1. The van der Waals surface area contributed by atoms with Crippen LogP contribution in [0.3, 0.4) is 0 Å². The molecule has 1 aromatic rings. The molecule has 2 amide bonds. The van der Waals surface area contributed by atoms with Gasteiger partial charge in [0.05, 0.1) is 10.3 Å². The first-order chi connectivity index (χ1) is 15.2. The van der Waals surface area contributed by atoms with Gasteiger partial charge in [0.2, 0.25) is 21.8 Å². The van der Waals surface area contributed by atoms with E-state index in [4.69, 9.17) is 0 Å². The molecule has 4 saturated carbocycles. The van der Waals surface area contributed by atoms with Crippen LogP contribution in [0.15, 0.2) is 41.8 Å². The molecule has 4 fully saturated rings. The number of sulfonamides is 1. The average Bonchev–Trinajstić information content (AvgIpc) is 2.75. The summed E-state index contributed by atoms with van der Waals surface area (Å²) in [5.41, 5.74) is 0.403. The molecule has 0 heterocycles. The maximum absolute atomic E-state index is 13.2. The Morgan fingerprint density at radius 2 is 1.66 bits per heavy atom. The maximum Gasteiger partial charge on any atom is 0.243 e. The summed E-state index contributed by atoms with van der Waals surface area (Å²) in [7, 11) is -2.12. The van der Waals surface area contributed by atoms with Crippen LogP contribution in [-0.4, -0.2) is 44.7 Å². The second-order valence-corrected chi connectivity index (χ2v) is 11.9. The van der Waals surface area contributed by atoms with Crippen molar-refractivity contribution in [3.63, 3.8) is 0 Å². The van der Waals surface area contributed by atoms with Crippen molar-refractivity contribution in [2.75, 3.05) is 25.5 Å². The summed E-state index contributed by atoms with van der Waals surface area (Å²) in [5.74, 6) is 1.91. The zero-order chi connectivity index (χ0) is 22.9. The SMILES string of the molecule is C=CC(=O)NCCCN(C)S(=O)(=O)c1ccc(NC(=O)C23CC4CC(CC(C4)C2)C3)cc1. The first-order valence-electron chi connectivity index (χ1n) is 11.5. The van der Waals surface area contributed by atoms with Gasteiger partial charge in [-0.25, -0.2) is 12.7 Å². The Balaban J connectivity index is 1.35. The van der Waals surface area contributed by atoms with Crippen molar-refractivity contribution in [1.29, 1.82) is 0 Å². The van der Waals surface area contributed by atoms with Crippen LogP contribution in [0.4, 0.5) is 5.69 Å². The number of anilines is 1. The lowest BCUT2D eigenvalue weighted by atomic mass is 9.49. The van der Waals surface area contributed by atoms with Crippen molar-refractivity contribution < 1.29 is 18.0 Å². The summed E-state index contributed by atoms with van der Waals surface area (Å²) in [4.78, 5) is 24.6. The van der Waals surface area contributed by atoms with E-state index < -0.39 is 10.0 Å². The molecule has 0 spiro atoms. The van der Waals surface area contributed by atoms with E-state index in [-0.39, 0.29) is 28.7 Å². The highest BCUT2D eigenvalue weighted by molar-refractivity contribution is 7.89. The fourth-order valence-corrected chi connectivity index (χ4v) is 7.46. The van der Waals surface area contributed by atoms with Gasteiger partial charge in [0, 0.05) is 25.8 Å². The monoisotopic (exact) mass is 459 g/mol. The molecule has 174 valence electrons. The highest BCUT2D eigenvalue weighted by atomic mass is 32.2. The van der Waals surface area contributed by atoms with Crippen LogP contribution in [0.1, 0.15) is 44.9 Å². The first-order valence-corrected chi connectivity index (χ1v) is 12.9. The lowest BCUT2D eigenvalue weighted by Crippen LogP contribution is -2.51. The third-order valence-corrected chi connectivity index (χ3v) is 9.35. The Morgan fingerprint density at radius 3 is 2.19 bits per heavy atom. The number of amides is 2. The van der Waals surface area contributed by atoms with E-state index in [1.165, 1.54) is 36.7 Å². The molecular weight excluding hydrogens is 426 g/mol. The molecule has 0 aliphatic heterocycles. The van der Waals surface area contributed by atoms with Crippen LogP contribution in [0, 0.1) is 23.2 Å². The van der Waals surface area contributed by atoms with Crippen molar-refractivity contribution in [3.8, 4) is 0 Å². The molecule has 32 heavy (non-hydrogen) atoms. The Bertz CT molecular complexity index is 952. The Hall–Kier alpha value is -2.19. The van der Waals surface area contributed by atoms with Gasteiger partial charge in [0.25, 0.3) is 0 Å². The average molecular weight is 460 g/mol. The molecule has 0 saturated heterocycles. The number of hydrogen-bond acceptors (Lipinski definition) is 4. The Labute approximate surface area is 190 Å². The fourth-order valence-electron chi connectivity index (χ4n) is 6.25. The van der Waals surface area contributed by atoms with Gasteiger partial charge in [0.15, 0.2) is 0 Å². The summed E-state index contributed by atoms with van der Waals surface area (Å²) in [6.45, 7) is 4.04. The van der Waals surface area contributed by atoms with E-state index in [9.17, 15) is 18.0 Å². The van der Waals surface area contributed by atoms with Crippen molar-refractivity contribution in [2.45, 2.75) is 49.8 Å². The molecule has 5 rings (SSSR count). The molecule has 4 bridgehead atoms. The van der Waals surface area contributed by atoms with Gasteiger partial charge < -0.3 is 10.6 Å². The zero-order valence-corrected chi connectivity index (χ0v) is 19.5. The van der Waals surface area contributed by atoms with Crippen LogP contribution < -0.4 is 10.6 Å². The van der Waals surface area contributed by atoms with Crippen LogP contribution in [0.5, 0.6) is 0 Å². The summed E-state index contributed by atoms with van der Waals surface area (Å²) in [6, 6.07) is 6.42. The molecule has 0 aromatic heterocycles. The lowest BCUT2D eigenvalue weighted by molar-refractivity contribution is -0.140. The zero-order valence-electron chi connectivity index (χ0n) is 18.7. The molecule has 0 radical (unpaired) electrons. The smallest absolute Gasteiger partial charge is 0.243 e. The molecule has 0 atom stereocenters. The number of nitrogens with one attached hydrogen (secondary N) is 2. The lowest BCUT2D eigenvalue weighted by Gasteiger charge is -2.55. The van der Waals surface area contributed by atoms with E-state index in [1.54, 1.807) is 24.3 Å². The summed E-state index contributed by atoms with van der Waals surface area (Å²) < 4.78 is 26.9. The van der Waals surface area contributed by atoms with E-state index in [1.807, 2.05) is 0 Å². The van der Waals surface area contributed by atoms with Crippen molar-refractivity contribution >= 4 is 27.5 Å². The van der Waals surface area contributed by atoms with Crippen molar-refractivity contribution in [3.05, 3.63) is 36.9 Å². The number of carbonyl (C=O) groups excluding carboxylic acids is 2. The van der Waals surface area contributed by atoms with Crippen molar-refractivity contribution in [2.24, 2.45) is 23.2 Å². The van der Waals surface area contributed by atoms with E-state index in [0.29, 0.717) is 36.4 Å². The standard InChI is InChI=1S/C24H33N3O4S/c1-3-22(28)25-9-4-10-27(2)32(30,31)21-7-5-20(6-8-21)26-23(29)24-14-17-11-18(15-24)13-19(12-17)16-24/h3,5-8,17-19H,1,4,9-16H2,2H3,(H,25,28)(H,26,29). The van der Waals surface area contributed by atoms with Gasteiger partial charge >= 0.3 is 0 Å². The normalized spacial score (nSPS) is 28.5. The van der Waals surface area contributed by atoms with Gasteiger partial charge in [-0.15, -0.1) is 0 Å². The Morgan fingerprint density at radius 1 is 1.09 bits per heavy atom. The van der Waals surface area contributed by atoms with Gasteiger partial charge in [0.1, 0.15) is 0 Å². The highest BCUT2D eigenvalue weighted by Gasteiger charge is 2.54. The predicted octanol–water partition coefficient (Wildman–Crippen LogP) is 3.15. The molecule has 4 aliphatic rings. The third kappa shape index (κ3) is 4.62. The van der Waals surface area contributed by atoms with Crippen LogP contribution in [0.25, 0.3) is 0 Å². The minimum absolute atomic E-state index is 0.103. The quantitative estimate of drug-likeness (QED) is 0.438. The van der Waals surface area contributed by atoms with Gasteiger partial charge in [-0.05, 0) is 93.0 Å². The molecule has 7 nitrogen and oxygen atoms in total. The van der Waals surface area contributed by atoms with Crippen LogP contribution in [0.2, 0.25) is 0 Å². The molecule has 8 heteroatoms. The largest absolute Gasteiger partial charge is 0.353 e. The van der Waals surface area contributed by atoms with Crippen molar-refractivity contribution in [1.82, 2.24) is 9.62 Å². The maximum atomic E-state index is 13.2. The number of hydrogen-bond donors (Lipinski definition) is 2. The predicted molar refractivity (Wildman–Crippen MR) is 123 cm³/mol. The molecule has 4 aliphatic carbocycles. The van der Waals surface area contributed by atoms with Gasteiger partial charge in [-0.2, -0.15) is 0 Å². The highest BCUT2D eigenvalue weighted by Crippen LogP contribution is 2.60. The Kier molecular flexibility index (Phi) is 6.45. The van der Waals surface area contributed by atoms with E-state index >= 15 is 0 Å². The molecular formula is C24H33N3O4S. The van der Waals surface area contributed by atoms with E-state index in [2.05, 4.69) is 17.2 Å². The summed E-state index contributed by atoms with van der Waals surface area (Å²) in [6.07, 6.45) is 8.52. The van der Waals surface area contributed by atoms with Crippen LogP contribution >= 0.6 is 0 Å². The van der Waals surface area contributed by atoms with Gasteiger partial charge in [-0.3, -0.25) is 9.59 Å². The second-order valence-electron chi connectivity index (χ2n) is 9.85. The number of benzene rings is 1. The second kappa shape index (κ2) is 8.98. The minimum Gasteiger partial charge on any atom is -0.353 e. The fraction of sp³-hybridized carbons (Fsp3) is 0.583. The van der Waals surface area contributed by atoms with Gasteiger partial charge in [-0.1, -0.05) is 6.58 Å². The summed E-state index contributed by atoms with van der Waals surface area (Å²) >= 11 is 0. The number of carbonyl (C=O) groups is 2. The summed E-state index contributed by atoms with van der Waals surface area (Å²) in [5, 5.41) is 5.70. The van der Waals surface area contributed by atoms with Crippen LogP contribution in [-0.2, 0) is 19.6 Å².